The fourth-order valence-electron chi connectivity index (χ4n) is 3.70. The molecule has 38 heavy (non-hydrogen) atoms. The maximum atomic E-state index is 12.6. The van der Waals surface area contributed by atoms with Crippen LogP contribution < -0.4 is 14.9 Å². The predicted octanol–water partition coefficient (Wildman–Crippen LogP) is 6.95. The van der Waals surface area contributed by atoms with Crippen molar-refractivity contribution >= 4 is 60.6 Å². The molecule has 11 heteroatoms. The Morgan fingerprint density at radius 2 is 2.03 bits per heavy atom. The van der Waals surface area contributed by atoms with Crippen LogP contribution in [0, 0.1) is 10.1 Å². The Morgan fingerprint density at radius 3 is 2.76 bits per heavy atom. The molecule has 1 N–H and O–H groups in total. The number of allylic oxidation sites excluding steroid dienone is 1. The number of amides is 1. The number of fused-ring (bicyclic) bond motifs is 1. The first-order valence-corrected chi connectivity index (χ1v) is 12.8. The molecule has 3 aromatic carbocycles. The fourth-order valence-corrected chi connectivity index (χ4v) is 5.04. The second kappa shape index (κ2) is 12.1. The number of furan rings is 1. The molecule has 0 saturated heterocycles. The summed E-state index contributed by atoms with van der Waals surface area (Å²) in [7, 11) is 1.51. The molecule has 0 bridgehead atoms. The van der Waals surface area contributed by atoms with Crippen LogP contribution in [-0.2, 0) is 13.0 Å². The second-order valence-electron chi connectivity index (χ2n) is 8.04. The van der Waals surface area contributed by atoms with E-state index in [9.17, 15) is 14.9 Å². The highest BCUT2D eigenvalue weighted by Gasteiger charge is 2.16. The number of nitro benzene ring substituents is 1. The summed E-state index contributed by atoms with van der Waals surface area (Å²) in [6.07, 6.45) is 3.67. The molecule has 0 fully saturated rings. The van der Waals surface area contributed by atoms with Gasteiger partial charge in [0.05, 0.1) is 22.7 Å². The van der Waals surface area contributed by atoms with Crippen LogP contribution in [0.3, 0.4) is 0 Å². The monoisotopic (exact) mass is 641 g/mol. The van der Waals surface area contributed by atoms with Gasteiger partial charge in [-0.15, -0.1) is 6.58 Å². The van der Waals surface area contributed by atoms with Gasteiger partial charge in [0.15, 0.2) is 17.3 Å². The molecule has 1 aromatic heterocycles. The van der Waals surface area contributed by atoms with E-state index in [-0.39, 0.29) is 18.1 Å². The SMILES string of the molecule is C=CCc1cc(/C=N\NC(=O)c2cc3cc(Br)cc(Br)c3o2)cc(OC)c1OCc1cccc([N+](=O)[O-])c1. The van der Waals surface area contributed by atoms with Gasteiger partial charge in [0.2, 0.25) is 0 Å². The Labute approximate surface area is 234 Å². The highest BCUT2D eigenvalue weighted by Crippen LogP contribution is 2.34. The molecule has 0 saturated carbocycles. The third-order valence-electron chi connectivity index (χ3n) is 5.38. The minimum absolute atomic E-state index is 0.0128. The highest BCUT2D eigenvalue weighted by molar-refractivity contribution is 9.11. The Kier molecular flexibility index (Phi) is 8.59. The quantitative estimate of drug-likeness (QED) is 0.0866. The highest BCUT2D eigenvalue weighted by atomic mass is 79.9. The van der Waals surface area contributed by atoms with E-state index in [4.69, 9.17) is 13.9 Å². The van der Waals surface area contributed by atoms with Crippen LogP contribution in [0.15, 0.2) is 85.7 Å². The number of ether oxygens (including phenoxy) is 2. The van der Waals surface area contributed by atoms with Crippen LogP contribution in [-0.4, -0.2) is 24.2 Å². The van der Waals surface area contributed by atoms with Gasteiger partial charge in [-0.25, -0.2) is 5.43 Å². The Morgan fingerprint density at radius 1 is 1.21 bits per heavy atom. The minimum Gasteiger partial charge on any atom is -0.493 e. The normalized spacial score (nSPS) is 11.0. The standard InChI is InChI=1S/C27H21Br2N3O6/c1-3-5-18-8-17(10-23(36-2)26(18)37-15-16-6-4-7-21(9-16)32(34)35)14-30-31-27(33)24-12-19-11-20(28)13-22(29)25(19)38-24/h3-4,6-14H,1,5,15H2,2H3,(H,31,33)/b30-14-. The van der Waals surface area contributed by atoms with Crippen molar-refractivity contribution in [2.24, 2.45) is 5.10 Å². The number of rotatable bonds is 10. The number of carbonyl (C=O) groups excluding carboxylic acids is 1. The first-order valence-electron chi connectivity index (χ1n) is 11.2. The lowest BCUT2D eigenvalue weighted by atomic mass is 10.1. The topological polar surface area (TPSA) is 116 Å². The Hall–Kier alpha value is -3.96. The molecule has 0 unspecified atom stereocenters. The van der Waals surface area contributed by atoms with Crippen molar-refractivity contribution in [2.75, 3.05) is 7.11 Å². The van der Waals surface area contributed by atoms with Crippen molar-refractivity contribution in [3.05, 3.63) is 109 Å². The largest absolute Gasteiger partial charge is 0.493 e. The first-order chi connectivity index (χ1) is 18.3. The van der Waals surface area contributed by atoms with E-state index in [0.717, 1.165) is 19.9 Å². The summed E-state index contributed by atoms with van der Waals surface area (Å²) < 4.78 is 18.8. The van der Waals surface area contributed by atoms with Gasteiger partial charge in [0.1, 0.15) is 12.2 Å². The average Bonchev–Trinajstić information content (AvgIpc) is 3.32. The number of nitro groups is 1. The summed E-state index contributed by atoms with van der Waals surface area (Å²) in [4.78, 5) is 23.2. The molecule has 4 rings (SSSR count). The number of hydrazone groups is 1. The molecule has 0 aliphatic rings. The van der Waals surface area contributed by atoms with Gasteiger partial charge < -0.3 is 13.9 Å². The molecule has 0 radical (unpaired) electrons. The van der Waals surface area contributed by atoms with Crippen LogP contribution in [0.25, 0.3) is 11.0 Å². The molecule has 0 aliphatic carbocycles. The number of nitrogens with zero attached hydrogens (tertiary/aromatic N) is 2. The van der Waals surface area contributed by atoms with E-state index in [1.165, 1.54) is 25.5 Å². The lowest BCUT2D eigenvalue weighted by Gasteiger charge is -2.16. The number of non-ortho nitro benzene ring substituents is 1. The van der Waals surface area contributed by atoms with E-state index in [1.807, 2.05) is 18.2 Å². The van der Waals surface area contributed by atoms with Gasteiger partial charge in [0.25, 0.3) is 5.69 Å². The average molecular weight is 643 g/mol. The van der Waals surface area contributed by atoms with Gasteiger partial charge >= 0.3 is 5.91 Å². The first kappa shape index (κ1) is 27.1. The van der Waals surface area contributed by atoms with Gasteiger partial charge in [-0.2, -0.15) is 5.10 Å². The summed E-state index contributed by atoms with van der Waals surface area (Å²) in [5, 5.41) is 15.9. The lowest BCUT2D eigenvalue weighted by Crippen LogP contribution is -2.16. The van der Waals surface area contributed by atoms with Crippen LogP contribution in [0.5, 0.6) is 11.5 Å². The predicted molar refractivity (Wildman–Crippen MR) is 151 cm³/mol. The number of hydrogen-bond acceptors (Lipinski definition) is 7. The third-order valence-corrected chi connectivity index (χ3v) is 6.43. The summed E-state index contributed by atoms with van der Waals surface area (Å²) in [5.41, 5.74) is 5.08. The summed E-state index contributed by atoms with van der Waals surface area (Å²) >= 11 is 6.84. The van der Waals surface area contributed by atoms with Crippen molar-refractivity contribution in [3.8, 4) is 11.5 Å². The Balaban J connectivity index is 1.51. The van der Waals surface area contributed by atoms with Crippen LogP contribution >= 0.6 is 31.9 Å². The van der Waals surface area contributed by atoms with Crippen molar-refractivity contribution in [1.82, 2.24) is 5.43 Å². The summed E-state index contributed by atoms with van der Waals surface area (Å²) in [6.45, 7) is 3.91. The van der Waals surface area contributed by atoms with E-state index >= 15 is 0 Å². The lowest BCUT2D eigenvalue weighted by molar-refractivity contribution is -0.384. The number of benzene rings is 3. The molecule has 1 heterocycles. The number of carbonyl (C=O) groups is 1. The molecule has 194 valence electrons. The van der Waals surface area contributed by atoms with Gasteiger partial charge in [-0.1, -0.05) is 34.1 Å². The van der Waals surface area contributed by atoms with Crippen molar-refractivity contribution in [1.29, 1.82) is 0 Å². The fraction of sp³-hybridized carbons (Fsp3) is 0.111. The molecule has 1 amide bonds. The molecule has 0 atom stereocenters. The van der Waals surface area contributed by atoms with E-state index in [1.54, 1.807) is 30.3 Å². The zero-order valence-electron chi connectivity index (χ0n) is 20.1. The van der Waals surface area contributed by atoms with E-state index < -0.39 is 10.8 Å². The van der Waals surface area contributed by atoms with Crippen LogP contribution in [0.1, 0.15) is 27.2 Å². The molecule has 9 nitrogen and oxygen atoms in total. The Bertz CT molecular complexity index is 1560. The zero-order valence-corrected chi connectivity index (χ0v) is 23.2. The van der Waals surface area contributed by atoms with Gasteiger partial charge in [-0.3, -0.25) is 14.9 Å². The molecule has 0 aliphatic heterocycles. The van der Waals surface area contributed by atoms with Crippen molar-refractivity contribution in [3.63, 3.8) is 0 Å². The minimum atomic E-state index is -0.504. The number of halogens is 2. The molecular weight excluding hydrogens is 622 g/mol. The van der Waals surface area contributed by atoms with Crippen LogP contribution in [0.2, 0.25) is 0 Å². The van der Waals surface area contributed by atoms with Gasteiger partial charge in [-0.05, 0) is 63.8 Å². The smallest absolute Gasteiger partial charge is 0.307 e. The third kappa shape index (κ3) is 6.29. The molecule has 4 aromatic rings. The molecular formula is C27H21Br2N3O6. The maximum absolute atomic E-state index is 12.6. The number of methoxy groups -OCH3 is 1. The van der Waals surface area contributed by atoms with Crippen LogP contribution in [0.4, 0.5) is 5.69 Å². The number of nitrogens with one attached hydrogen (secondary N) is 1. The summed E-state index contributed by atoms with van der Waals surface area (Å²) in [5.74, 6) is 0.538. The maximum Gasteiger partial charge on any atom is 0.307 e. The van der Waals surface area contributed by atoms with E-state index in [0.29, 0.717) is 34.6 Å². The molecule has 0 spiro atoms. The second-order valence-corrected chi connectivity index (χ2v) is 9.81. The zero-order chi connectivity index (χ0) is 27.2. The number of hydrogen-bond donors (Lipinski definition) is 1. The summed E-state index contributed by atoms with van der Waals surface area (Å²) in [6, 6.07) is 15.1. The van der Waals surface area contributed by atoms with Crippen molar-refractivity contribution < 1.29 is 23.6 Å². The van der Waals surface area contributed by atoms with Crippen molar-refractivity contribution in [2.45, 2.75) is 13.0 Å². The van der Waals surface area contributed by atoms with E-state index in [2.05, 4.69) is 49.0 Å². The van der Waals surface area contributed by atoms with Gasteiger partial charge in [0, 0.05) is 27.6 Å².